The van der Waals surface area contributed by atoms with E-state index in [-0.39, 0.29) is 11.4 Å². The molecule has 3 N–H and O–H groups in total. The van der Waals surface area contributed by atoms with Crippen molar-refractivity contribution in [2.45, 2.75) is 63.3 Å². The fourth-order valence-corrected chi connectivity index (χ4v) is 2.59. The Morgan fingerprint density at radius 3 is 2.61 bits per heavy atom. The van der Waals surface area contributed by atoms with Crippen LogP contribution in [0.3, 0.4) is 0 Å². The summed E-state index contributed by atoms with van der Waals surface area (Å²) in [4.78, 5) is 11.8. The Balaban J connectivity index is 2.06. The highest BCUT2D eigenvalue weighted by molar-refractivity contribution is 5.77. The Hall–Kier alpha value is -0.610. The third-order valence-corrected chi connectivity index (χ3v) is 3.71. The van der Waals surface area contributed by atoms with E-state index in [1.165, 1.54) is 19.3 Å². The quantitative estimate of drug-likeness (QED) is 0.653. The summed E-state index contributed by atoms with van der Waals surface area (Å²) in [6.45, 7) is 1.57. The van der Waals surface area contributed by atoms with Crippen LogP contribution < -0.4 is 11.1 Å². The summed E-state index contributed by atoms with van der Waals surface area (Å²) in [7, 11) is 1.71. The number of nitrogens with one attached hydrogen (secondary N) is 1. The minimum atomic E-state index is -0.238. The second-order valence-electron chi connectivity index (χ2n) is 5.50. The number of ether oxygens (including phenoxy) is 1. The van der Waals surface area contributed by atoms with Crippen molar-refractivity contribution in [3.8, 4) is 0 Å². The van der Waals surface area contributed by atoms with Crippen molar-refractivity contribution >= 4 is 5.91 Å². The average Bonchev–Trinajstić information content (AvgIpc) is 2.34. The van der Waals surface area contributed by atoms with Gasteiger partial charge in [0.15, 0.2) is 0 Å². The Bertz CT molecular complexity index is 238. The zero-order valence-electron chi connectivity index (χ0n) is 11.7. The molecule has 1 aliphatic carbocycles. The van der Waals surface area contributed by atoms with Crippen molar-refractivity contribution in [2.75, 3.05) is 20.3 Å². The van der Waals surface area contributed by atoms with E-state index in [1.807, 2.05) is 0 Å². The van der Waals surface area contributed by atoms with Crippen LogP contribution in [-0.2, 0) is 9.53 Å². The van der Waals surface area contributed by atoms with Crippen LogP contribution in [-0.4, -0.2) is 31.7 Å². The zero-order valence-corrected chi connectivity index (χ0v) is 11.7. The highest BCUT2D eigenvalue weighted by Gasteiger charge is 2.29. The highest BCUT2D eigenvalue weighted by Crippen LogP contribution is 2.28. The lowest BCUT2D eigenvalue weighted by Gasteiger charge is -2.32. The molecule has 0 atom stereocenters. The van der Waals surface area contributed by atoms with Crippen LogP contribution in [0.4, 0.5) is 0 Å². The Morgan fingerprint density at radius 2 is 1.94 bits per heavy atom. The molecule has 1 aliphatic rings. The maximum Gasteiger partial charge on any atom is 0.221 e. The van der Waals surface area contributed by atoms with Gasteiger partial charge in [-0.05, 0) is 32.1 Å². The first-order valence-corrected chi connectivity index (χ1v) is 7.21. The van der Waals surface area contributed by atoms with Gasteiger partial charge < -0.3 is 15.8 Å². The summed E-state index contributed by atoms with van der Waals surface area (Å²) >= 11 is 0. The molecule has 0 radical (unpaired) electrons. The molecule has 0 aliphatic heterocycles. The number of amides is 1. The molecule has 0 aromatic heterocycles. The predicted octanol–water partition coefficient (Wildman–Crippen LogP) is 1.97. The van der Waals surface area contributed by atoms with Gasteiger partial charge in [0, 0.05) is 32.2 Å². The van der Waals surface area contributed by atoms with E-state index in [2.05, 4.69) is 5.32 Å². The Labute approximate surface area is 111 Å². The maximum atomic E-state index is 11.8. The summed E-state index contributed by atoms with van der Waals surface area (Å²) in [5, 5.41) is 2.97. The SMILES string of the molecule is COCCCCCNC(=O)CC1(N)CCCCC1. The minimum Gasteiger partial charge on any atom is -0.385 e. The van der Waals surface area contributed by atoms with Crippen LogP contribution in [0.2, 0.25) is 0 Å². The molecule has 1 rings (SSSR count). The van der Waals surface area contributed by atoms with Crippen molar-refractivity contribution in [3.63, 3.8) is 0 Å². The molecule has 1 saturated carbocycles. The van der Waals surface area contributed by atoms with E-state index in [0.29, 0.717) is 6.42 Å². The Morgan fingerprint density at radius 1 is 1.22 bits per heavy atom. The number of methoxy groups -OCH3 is 1. The van der Waals surface area contributed by atoms with E-state index >= 15 is 0 Å². The van der Waals surface area contributed by atoms with Gasteiger partial charge in [0.1, 0.15) is 0 Å². The van der Waals surface area contributed by atoms with Crippen molar-refractivity contribution in [3.05, 3.63) is 0 Å². The number of hydrogen-bond acceptors (Lipinski definition) is 3. The molecule has 0 saturated heterocycles. The van der Waals surface area contributed by atoms with Crippen LogP contribution >= 0.6 is 0 Å². The van der Waals surface area contributed by atoms with Crippen LogP contribution in [0.1, 0.15) is 57.8 Å². The summed E-state index contributed by atoms with van der Waals surface area (Å²) in [6.07, 6.45) is 9.26. The molecule has 0 spiro atoms. The largest absolute Gasteiger partial charge is 0.385 e. The van der Waals surface area contributed by atoms with Crippen molar-refractivity contribution < 1.29 is 9.53 Å². The normalized spacial score (nSPS) is 18.6. The van der Waals surface area contributed by atoms with Gasteiger partial charge in [-0.1, -0.05) is 19.3 Å². The molecule has 4 heteroatoms. The third-order valence-electron chi connectivity index (χ3n) is 3.71. The highest BCUT2D eigenvalue weighted by atomic mass is 16.5. The molecular formula is C14H28N2O2. The topological polar surface area (TPSA) is 64.3 Å². The third kappa shape index (κ3) is 6.36. The lowest BCUT2D eigenvalue weighted by molar-refractivity contribution is -0.122. The molecular weight excluding hydrogens is 228 g/mol. The number of carbonyl (C=O) groups is 1. The summed E-state index contributed by atoms with van der Waals surface area (Å²) in [5.41, 5.74) is 6.01. The number of carbonyl (C=O) groups excluding carboxylic acids is 1. The standard InChI is InChI=1S/C14H28N2O2/c1-18-11-7-3-6-10-16-13(17)12-14(15)8-4-2-5-9-14/h2-12,15H2,1H3,(H,16,17). The van der Waals surface area contributed by atoms with E-state index in [9.17, 15) is 4.79 Å². The smallest absolute Gasteiger partial charge is 0.221 e. The predicted molar refractivity (Wildman–Crippen MR) is 73.4 cm³/mol. The van der Waals surface area contributed by atoms with Crippen LogP contribution in [0.15, 0.2) is 0 Å². The first-order valence-electron chi connectivity index (χ1n) is 7.21. The fraction of sp³-hybridized carbons (Fsp3) is 0.929. The maximum absolute atomic E-state index is 11.8. The Kier molecular flexibility index (Phi) is 7.28. The van der Waals surface area contributed by atoms with Gasteiger partial charge in [0.05, 0.1) is 0 Å². The molecule has 0 bridgehead atoms. The molecule has 0 aromatic carbocycles. The number of rotatable bonds is 8. The number of hydrogen-bond donors (Lipinski definition) is 2. The number of nitrogens with two attached hydrogens (primary N) is 1. The van der Waals surface area contributed by atoms with E-state index in [4.69, 9.17) is 10.5 Å². The molecule has 0 aromatic rings. The van der Waals surface area contributed by atoms with Crippen molar-refractivity contribution in [1.82, 2.24) is 5.32 Å². The van der Waals surface area contributed by atoms with Gasteiger partial charge >= 0.3 is 0 Å². The van der Waals surface area contributed by atoms with Crippen molar-refractivity contribution in [2.24, 2.45) is 5.73 Å². The summed E-state index contributed by atoms with van der Waals surface area (Å²) in [6, 6.07) is 0. The van der Waals surface area contributed by atoms with Gasteiger partial charge in [-0.15, -0.1) is 0 Å². The van der Waals surface area contributed by atoms with E-state index in [0.717, 1.165) is 45.3 Å². The van der Waals surface area contributed by atoms with Gasteiger partial charge in [-0.2, -0.15) is 0 Å². The van der Waals surface area contributed by atoms with Crippen LogP contribution in [0.25, 0.3) is 0 Å². The van der Waals surface area contributed by atoms with Crippen LogP contribution in [0.5, 0.6) is 0 Å². The van der Waals surface area contributed by atoms with Crippen LogP contribution in [0, 0.1) is 0 Å². The molecule has 106 valence electrons. The van der Waals surface area contributed by atoms with Gasteiger partial charge in [0.25, 0.3) is 0 Å². The van der Waals surface area contributed by atoms with Gasteiger partial charge in [-0.25, -0.2) is 0 Å². The lowest BCUT2D eigenvalue weighted by atomic mass is 9.80. The molecule has 1 fully saturated rings. The zero-order chi connectivity index (χ0) is 13.3. The summed E-state index contributed by atoms with van der Waals surface area (Å²) < 4.78 is 4.98. The molecule has 0 unspecified atom stereocenters. The molecule has 0 heterocycles. The molecule has 18 heavy (non-hydrogen) atoms. The molecule has 1 amide bonds. The fourth-order valence-electron chi connectivity index (χ4n) is 2.59. The second kappa shape index (κ2) is 8.48. The minimum absolute atomic E-state index is 0.117. The van der Waals surface area contributed by atoms with Crippen molar-refractivity contribution in [1.29, 1.82) is 0 Å². The number of unbranched alkanes of at least 4 members (excludes halogenated alkanes) is 2. The monoisotopic (exact) mass is 256 g/mol. The van der Waals surface area contributed by atoms with E-state index < -0.39 is 0 Å². The second-order valence-corrected chi connectivity index (χ2v) is 5.50. The van der Waals surface area contributed by atoms with Gasteiger partial charge in [-0.3, -0.25) is 4.79 Å². The molecule has 4 nitrogen and oxygen atoms in total. The summed E-state index contributed by atoms with van der Waals surface area (Å²) in [5.74, 6) is 0.117. The first-order chi connectivity index (χ1) is 8.66. The lowest BCUT2D eigenvalue weighted by Crippen LogP contribution is -2.46. The van der Waals surface area contributed by atoms with Gasteiger partial charge in [0.2, 0.25) is 5.91 Å². The average molecular weight is 256 g/mol. The first kappa shape index (κ1) is 15.4. The van der Waals surface area contributed by atoms with E-state index in [1.54, 1.807) is 7.11 Å².